The van der Waals surface area contributed by atoms with Gasteiger partial charge in [-0.2, -0.15) is 5.10 Å². The second kappa shape index (κ2) is 7.07. The molecule has 0 aliphatic carbocycles. The van der Waals surface area contributed by atoms with Gasteiger partial charge in [0.25, 0.3) is 0 Å². The lowest BCUT2D eigenvalue weighted by Crippen LogP contribution is -2.36. The highest BCUT2D eigenvalue weighted by Crippen LogP contribution is 2.31. The quantitative estimate of drug-likeness (QED) is 0.748. The van der Waals surface area contributed by atoms with Gasteiger partial charge in [0.2, 0.25) is 11.8 Å². The first kappa shape index (κ1) is 17.0. The molecule has 1 aliphatic heterocycles. The van der Waals surface area contributed by atoms with Crippen molar-refractivity contribution in [3.63, 3.8) is 0 Å². The highest BCUT2D eigenvalue weighted by molar-refractivity contribution is 6.00. The highest BCUT2D eigenvalue weighted by Gasteiger charge is 2.30. The van der Waals surface area contributed by atoms with Crippen LogP contribution in [0.15, 0.2) is 60.8 Å². The van der Waals surface area contributed by atoms with Crippen LogP contribution in [0.25, 0.3) is 11.1 Å². The summed E-state index contributed by atoms with van der Waals surface area (Å²) in [5.41, 5.74) is 3.73. The first-order valence-corrected chi connectivity index (χ1v) is 8.89. The average molecular weight is 360 g/mol. The molecular weight excluding hydrogens is 340 g/mol. The van der Waals surface area contributed by atoms with E-state index in [4.69, 9.17) is 0 Å². The van der Waals surface area contributed by atoms with Gasteiger partial charge in [0.1, 0.15) is 5.82 Å². The maximum absolute atomic E-state index is 12.5. The highest BCUT2D eigenvalue weighted by atomic mass is 16.2. The fourth-order valence-electron chi connectivity index (χ4n) is 3.22. The van der Waals surface area contributed by atoms with Crippen LogP contribution in [0.2, 0.25) is 0 Å². The van der Waals surface area contributed by atoms with E-state index >= 15 is 0 Å². The first-order chi connectivity index (χ1) is 13.1. The second-order valence-corrected chi connectivity index (χ2v) is 6.76. The Labute approximate surface area is 157 Å². The Morgan fingerprint density at radius 1 is 1.19 bits per heavy atom. The number of carbonyl (C=O) groups is 2. The summed E-state index contributed by atoms with van der Waals surface area (Å²) >= 11 is 0. The molecule has 0 fully saturated rings. The zero-order chi connectivity index (χ0) is 18.8. The van der Waals surface area contributed by atoms with E-state index in [9.17, 15) is 9.59 Å². The van der Waals surface area contributed by atoms with Gasteiger partial charge in [0.05, 0.1) is 18.7 Å². The van der Waals surface area contributed by atoms with Crippen molar-refractivity contribution in [2.24, 2.45) is 5.92 Å². The van der Waals surface area contributed by atoms with Crippen LogP contribution >= 0.6 is 0 Å². The summed E-state index contributed by atoms with van der Waals surface area (Å²) in [6, 6.07) is 17.4. The van der Waals surface area contributed by atoms with E-state index in [2.05, 4.69) is 15.7 Å². The Morgan fingerprint density at radius 3 is 2.67 bits per heavy atom. The molecule has 2 N–H and O–H groups in total. The molecule has 0 spiro atoms. The second-order valence-electron chi connectivity index (χ2n) is 6.76. The SMILES string of the molecule is Cc1ccc(NC(=O)C[C@H]2Cn3ncc(-c4ccccc4)c3NC2=O)cc1. The lowest BCUT2D eigenvalue weighted by Gasteiger charge is -2.24. The number of aromatic nitrogens is 2. The Morgan fingerprint density at radius 2 is 1.93 bits per heavy atom. The Kier molecular flexibility index (Phi) is 4.46. The van der Waals surface area contributed by atoms with Crippen LogP contribution < -0.4 is 10.6 Å². The molecule has 2 heterocycles. The predicted molar refractivity (Wildman–Crippen MR) is 104 cm³/mol. The van der Waals surface area contributed by atoms with Crippen LogP contribution in [0, 0.1) is 12.8 Å². The molecule has 136 valence electrons. The Bertz CT molecular complexity index is 977. The molecule has 2 amide bonds. The topological polar surface area (TPSA) is 76.0 Å². The zero-order valence-electron chi connectivity index (χ0n) is 15.0. The third kappa shape index (κ3) is 3.60. The van der Waals surface area contributed by atoms with E-state index < -0.39 is 5.92 Å². The first-order valence-electron chi connectivity index (χ1n) is 8.89. The molecule has 0 bridgehead atoms. The van der Waals surface area contributed by atoms with E-state index in [0.717, 1.165) is 22.4 Å². The number of fused-ring (bicyclic) bond motifs is 1. The molecule has 1 aliphatic rings. The smallest absolute Gasteiger partial charge is 0.231 e. The van der Waals surface area contributed by atoms with Gasteiger partial charge < -0.3 is 10.6 Å². The number of amides is 2. The van der Waals surface area contributed by atoms with Crippen LogP contribution in [-0.2, 0) is 16.1 Å². The summed E-state index contributed by atoms with van der Waals surface area (Å²) < 4.78 is 1.76. The molecule has 6 nitrogen and oxygen atoms in total. The molecular formula is C21H20N4O2. The number of anilines is 2. The summed E-state index contributed by atoms with van der Waals surface area (Å²) in [6.45, 7) is 2.37. The van der Waals surface area contributed by atoms with Crippen LogP contribution in [-0.4, -0.2) is 21.6 Å². The lowest BCUT2D eigenvalue weighted by molar-refractivity contribution is -0.125. The van der Waals surface area contributed by atoms with Crippen molar-refractivity contribution in [3.8, 4) is 11.1 Å². The number of nitrogens with one attached hydrogen (secondary N) is 2. The average Bonchev–Trinajstić information content (AvgIpc) is 3.07. The van der Waals surface area contributed by atoms with Crippen molar-refractivity contribution in [1.82, 2.24) is 9.78 Å². The van der Waals surface area contributed by atoms with Crippen molar-refractivity contribution < 1.29 is 9.59 Å². The minimum Gasteiger partial charge on any atom is -0.326 e. The Hall–Kier alpha value is -3.41. The summed E-state index contributed by atoms with van der Waals surface area (Å²) in [5.74, 6) is -0.106. The molecule has 6 heteroatoms. The molecule has 0 unspecified atom stereocenters. The van der Waals surface area contributed by atoms with Crippen molar-refractivity contribution in [2.75, 3.05) is 10.6 Å². The molecule has 1 aromatic heterocycles. The number of carbonyl (C=O) groups excluding carboxylic acids is 2. The summed E-state index contributed by atoms with van der Waals surface area (Å²) in [4.78, 5) is 24.9. The molecule has 4 rings (SSSR count). The fourth-order valence-corrected chi connectivity index (χ4v) is 3.22. The molecule has 1 atom stereocenters. The van der Waals surface area contributed by atoms with Gasteiger partial charge in [0.15, 0.2) is 0 Å². The summed E-state index contributed by atoms with van der Waals surface area (Å²) in [6.07, 6.45) is 1.86. The molecule has 2 aromatic carbocycles. The van der Waals surface area contributed by atoms with Crippen molar-refractivity contribution in [3.05, 3.63) is 66.4 Å². The van der Waals surface area contributed by atoms with Crippen LogP contribution in [0.1, 0.15) is 12.0 Å². The Balaban J connectivity index is 1.46. The summed E-state index contributed by atoms with van der Waals surface area (Å²) in [7, 11) is 0. The van der Waals surface area contributed by atoms with Gasteiger partial charge in [-0.15, -0.1) is 0 Å². The molecule has 0 saturated heterocycles. The lowest BCUT2D eigenvalue weighted by atomic mass is 10.0. The predicted octanol–water partition coefficient (Wildman–Crippen LogP) is 3.46. The van der Waals surface area contributed by atoms with Crippen molar-refractivity contribution in [1.29, 1.82) is 0 Å². The van der Waals surface area contributed by atoms with E-state index in [1.54, 1.807) is 10.9 Å². The standard InChI is InChI=1S/C21H20N4O2/c1-14-7-9-17(10-8-14)23-19(26)11-16-13-25-20(24-21(16)27)18(12-22-25)15-5-3-2-4-6-15/h2-10,12,16H,11,13H2,1H3,(H,23,26)(H,24,27)/t16-/m0/s1. The van der Waals surface area contributed by atoms with E-state index in [1.807, 2.05) is 61.5 Å². The van der Waals surface area contributed by atoms with Crippen LogP contribution in [0.3, 0.4) is 0 Å². The molecule has 27 heavy (non-hydrogen) atoms. The number of nitrogens with zero attached hydrogens (tertiary/aromatic N) is 2. The van der Waals surface area contributed by atoms with Crippen molar-refractivity contribution in [2.45, 2.75) is 19.9 Å². The van der Waals surface area contributed by atoms with Crippen LogP contribution in [0.5, 0.6) is 0 Å². The largest absolute Gasteiger partial charge is 0.326 e. The summed E-state index contributed by atoms with van der Waals surface area (Å²) in [5, 5.41) is 10.1. The van der Waals surface area contributed by atoms with Crippen molar-refractivity contribution >= 4 is 23.3 Å². The minimum absolute atomic E-state index is 0.111. The zero-order valence-corrected chi connectivity index (χ0v) is 15.0. The molecule has 0 radical (unpaired) electrons. The maximum atomic E-state index is 12.5. The third-order valence-corrected chi connectivity index (χ3v) is 4.70. The number of hydrogen-bond acceptors (Lipinski definition) is 3. The van der Waals surface area contributed by atoms with E-state index in [0.29, 0.717) is 12.4 Å². The van der Waals surface area contributed by atoms with Gasteiger partial charge in [0, 0.05) is 17.7 Å². The van der Waals surface area contributed by atoms with Gasteiger partial charge in [-0.3, -0.25) is 9.59 Å². The van der Waals surface area contributed by atoms with Gasteiger partial charge in [-0.25, -0.2) is 4.68 Å². The fraction of sp³-hybridized carbons (Fsp3) is 0.190. The van der Waals surface area contributed by atoms with E-state index in [1.165, 1.54) is 0 Å². The maximum Gasteiger partial charge on any atom is 0.231 e. The van der Waals surface area contributed by atoms with E-state index in [-0.39, 0.29) is 18.2 Å². The van der Waals surface area contributed by atoms with Gasteiger partial charge in [-0.1, -0.05) is 48.0 Å². The van der Waals surface area contributed by atoms with Crippen LogP contribution in [0.4, 0.5) is 11.5 Å². The monoisotopic (exact) mass is 360 g/mol. The third-order valence-electron chi connectivity index (χ3n) is 4.70. The van der Waals surface area contributed by atoms with Gasteiger partial charge >= 0.3 is 0 Å². The molecule has 0 saturated carbocycles. The minimum atomic E-state index is -0.452. The number of benzene rings is 2. The molecule has 3 aromatic rings. The number of hydrogen-bond donors (Lipinski definition) is 2. The van der Waals surface area contributed by atoms with Gasteiger partial charge in [-0.05, 0) is 24.6 Å². The normalized spacial score (nSPS) is 15.7. The number of aryl methyl sites for hydroxylation is 1. The number of rotatable bonds is 4.